The van der Waals surface area contributed by atoms with Crippen molar-refractivity contribution in [3.8, 4) is 0 Å². The summed E-state index contributed by atoms with van der Waals surface area (Å²) in [4.78, 5) is 9.09. The SMILES string of the molecule is O=[N+]([O-])c1cc(S(=O)(=O)C(F)(F)F)ccc1NC1CCCC1CCO. The van der Waals surface area contributed by atoms with Gasteiger partial charge < -0.3 is 10.4 Å². The van der Waals surface area contributed by atoms with E-state index in [2.05, 4.69) is 5.32 Å². The van der Waals surface area contributed by atoms with Crippen molar-refractivity contribution >= 4 is 21.2 Å². The molecule has 0 amide bonds. The third-order valence-corrected chi connectivity index (χ3v) is 5.76. The number of rotatable bonds is 6. The number of benzene rings is 1. The van der Waals surface area contributed by atoms with Crippen molar-refractivity contribution in [3.63, 3.8) is 0 Å². The second-order valence-electron chi connectivity index (χ2n) is 5.84. The van der Waals surface area contributed by atoms with Crippen LogP contribution in [0.3, 0.4) is 0 Å². The molecule has 0 heterocycles. The zero-order valence-corrected chi connectivity index (χ0v) is 13.8. The fourth-order valence-electron chi connectivity index (χ4n) is 3.02. The molecule has 7 nitrogen and oxygen atoms in total. The maximum absolute atomic E-state index is 12.6. The average Bonchev–Trinajstić information content (AvgIpc) is 2.93. The molecular weight excluding hydrogens is 365 g/mol. The number of hydrogen-bond donors (Lipinski definition) is 2. The summed E-state index contributed by atoms with van der Waals surface area (Å²) in [6.07, 6.45) is 2.89. The Balaban J connectivity index is 2.36. The van der Waals surface area contributed by atoms with Crippen molar-refractivity contribution in [2.24, 2.45) is 5.92 Å². The highest BCUT2D eigenvalue weighted by atomic mass is 32.2. The number of nitrogens with zero attached hydrogens (tertiary/aromatic N) is 1. The largest absolute Gasteiger partial charge is 0.501 e. The number of halogens is 3. The highest BCUT2D eigenvalue weighted by Crippen LogP contribution is 2.37. The molecule has 0 spiro atoms. The maximum atomic E-state index is 12.6. The quantitative estimate of drug-likeness (QED) is 0.578. The van der Waals surface area contributed by atoms with Crippen LogP contribution in [0.5, 0.6) is 0 Å². The highest BCUT2D eigenvalue weighted by Gasteiger charge is 2.47. The number of nitro groups is 1. The van der Waals surface area contributed by atoms with Crippen LogP contribution in [0.1, 0.15) is 25.7 Å². The van der Waals surface area contributed by atoms with E-state index in [4.69, 9.17) is 5.11 Å². The minimum atomic E-state index is -5.66. The van der Waals surface area contributed by atoms with Crippen molar-refractivity contribution in [1.82, 2.24) is 0 Å². The first-order valence-corrected chi connectivity index (χ1v) is 9.03. The fraction of sp³-hybridized carbons (Fsp3) is 0.571. The molecule has 0 radical (unpaired) electrons. The maximum Gasteiger partial charge on any atom is 0.501 e. The van der Waals surface area contributed by atoms with Crippen LogP contribution in [0.4, 0.5) is 24.5 Å². The van der Waals surface area contributed by atoms with Crippen LogP contribution in [-0.2, 0) is 9.84 Å². The summed E-state index contributed by atoms with van der Waals surface area (Å²) >= 11 is 0. The number of nitro benzene ring substituents is 1. The van der Waals surface area contributed by atoms with E-state index in [1.807, 2.05) is 0 Å². The van der Waals surface area contributed by atoms with Crippen molar-refractivity contribution in [2.45, 2.75) is 42.1 Å². The van der Waals surface area contributed by atoms with Crippen molar-refractivity contribution in [2.75, 3.05) is 11.9 Å². The lowest BCUT2D eigenvalue weighted by Crippen LogP contribution is -2.26. The highest BCUT2D eigenvalue weighted by molar-refractivity contribution is 7.92. The van der Waals surface area contributed by atoms with Gasteiger partial charge in [-0.05, 0) is 37.3 Å². The van der Waals surface area contributed by atoms with Gasteiger partial charge >= 0.3 is 5.51 Å². The minimum Gasteiger partial charge on any atom is -0.396 e. The lowest BCUT2D eigenvalue weighted by atomic mass is 9.99. The van der Waals surface area contributed by atoms with E-state index in [0.29, 0.717) is 25.0 Å². The van der Waals surface area contributed by atoms with Crippen LogP contribution in [0.2, 0.25) is 0 Å². The van der Waals surface area contributed by atoms with Gasteiger partial charge in [-0.2, -0.15) is 13.2 Å². The van der Waals surface area contributed by atoms with E-state index in [1.54, 1.807) is 0 Å². The fourth-order valence-corrected chi connectivity index (χ4v) is 3.80. The molecule has 2 rings (SSSR count). The Labute approximate surface area is 141 Å². The number of aliphatic hydroxyl groups is 1. The van der Waals surface area contributed by atoms with Gasteiger partial charge in [0.2, 0.25) is 0 Å². The number of hydrogen-bond acceptors (Lipinski definition) is 6. The molecule has 11 heteroatoms. The average molecular weight is 382 g/mol. The van der Waals surface area contributed by atoms with Crippen LogP contribution in [-0.4, -0.2) is 36.6 Å². The van der Waals surface area contributed by atoms with Crippen molar-refractivity contribution in [1.29, 1.82) is 0 Å². The Kier molecular flexibility index (Phi) is 5.57. The number of sulfone groups is 1. The summed E-state index contributed by atoms with van der Waals surface area (Å²) < 4.78 is 60.7. The van der Waals surface area contributed by atoms with Crippen LogP contribution in [0.15, 0.2) is 23.1 Å². The molecule has 25 heavy (non-hydrogen) atoms. The van der Waals surface area contributed by atoms with Gasteiger partial charge in [0.15, 0.2) is 0 Å². The van der Waals surface area contributed by atoms with E-state index >= 15 is 0 Å². The van der Waals surface area contributed by atoms with E-state index in [0.717, 1.165) is 18.9 Å². The molecule has 1 aromatic carbocycles. The molecule has 1 aromatic rings. The normalized spacial score (nSPS) is 21.3. The predicted octanol–water partition coefficient (Wildman–Crippen LogP) is 2.85. The van der Waals surface area contributed by atoms with Crippen LogP contribution in [0.25, 0.3) is 0 Å². The molecule has 2 unspecified atom stereocenters. The zero-order chi connectivity index (χ0) is 18.8. The molecule has 0 saturated heterocycles. The van der Waals surface area contributed by atoms with Gasteiger partial charge in [0.1, 0.15) is 5.69 Å². The molecule has 0 aromatic heterocycles. The predicted molar refractivity (Wildman–Crippen MR) is 82.8 cm³/mol. The standard InChI is InChI=1S/C14H17F3N2O5S/c15-14(16,17)25(23,24)10-4-5-12(13(8-10)19(21)22)18-11-3-1-2-9(11)6-7-20/h4-5,8-9,11,18,20H,1-3,6-7H2. The molecule has 2 atom stereocenters. The van der Waals surface area contributed by atoms with E-state index in [-0.39, 0.29) is 24.3 Å². The van der Waals surface area contributed by atoms with Gasteiger partial charge in [-0.25, -0.2) is 8.42 Å². The van der Waals surface area contributed by atoms with Gasteiger partial charge in [-0.15, -0.1) is 0 Å². The smallest absolute Gasteiger partial charge is 0.396 e. The van der Waals surface area contributed by atoms with Crippen molar-refractivity contribution in [3.05, 3.63) is 28.3 Å². The molecule has 0 bridgehead atoms. The van der Waals surface area contributed by atoms with Gasteiger partial charge in [-0.3, -0.25) is 10.1 Å². The second kappa shape index (κ2) is 7.16. The minimum absolute atomic E-state index is 0.0340. The summed E-state index contributed by atoms with van der Waals surface area (Å²) in [5.74, 6) is 0.0863. The van der Waals surface area contributed by atoms with Gasteiger partial charge in [0.25, 0.3) is 15.5 Å². The molecular formula is C14H17F3N2O5S. The third kappa shape index (κ3) is 4.03. The zero-order valence-electron chi connectivity index (χ0n) is 13.0. The molecule has 0 aliphatic heterocycles. The summed E-state index contributed by atoms with van der Waals surface area (Å²) in [6.45, 7) is -0.0340. The van der Waals surface area contributed by atoms with Gasteiger partial charge in [-0.1, -0.05) is 6.42 Å². The Bertz CT molecular complexity index is 751. The number of nitrogens with one attached hydrogen (secondary N) is 1. The Morgan fingerprint density at radius 1 is 1.32 bits per heavy atom. The van der Waals surface area contributed by atoms with E-state index in [9.17, 15) is 31.7 Å². The topological polar surface area (TPSA) is 110 Å². The molecule has 140 valence electrons. The van der Waals surface area contributed by atoms with E-state index in [1.165, 1.54) is 0 Å². The summed E-state index contributed by atoms with van der Waals surface area (Å²) in [5, 5.41) is 23.1. The summed E-state index contributed by atoms with van der Waals surface area (Å²) in [7, 11) is -5.66. The van der Waals surface area contributed by atoms with Gasteiger partial charge in [0, 0.05) is 18.7 Å². The monoisotopic (exact) mass is 382 g/mol. The Morgan fingerprint density at radius 2 is 2.00 bits per heavy atom. The lowest BCUT2D eigenvalue weighted by molar-refractivity contribution is -0.384. The summed E-state index contributed by atoms with van der Waals surface area (Å²) in [6, 6.07) is 1.93. The molecule has 1 aliphatic rings. The number of alkyl halides is 3. The van der Waals surface area contributed by atoms with Gasteiger partial charge in [0.05, 0.1) is 9.82 Å². The van der Waals surface area contributed by atoms with Crippen LogP contribution in [0, 0.1) is 16.0 Å². The van der Waals surface area contributed by atoms with Crippen LogP contribution >= 0.6 is 0 Å². The molecule has 2 N–H and O–H groups in total. The molecule has 1 saturated carbocycles. The lowest BCUT2D eigenvalue weighted by Gasteiger charge is -2.21. The number of aliphatic hydroxyl groups excluding tert-OH is 1. The first-order chi connectivity index (χ1) is 11.6. The third-order valence-electron chi connectivity index (χ3n) is 4.28. The number of anilines is 1. The van der Waals surface area contributed by atoms with E-state index < -0.39 is 30.9 Å². The summed E-state index contributed by atoms with van der Waals surface area (Å²) in [5.41, 5.74) is -6.31. The molecule has 1 fully saturated rings. The first kappa shape index (κ1) is 19.4. The second-order valence-corrected chi connectivity index (χ2v) is 7.78. The Morgan fingerprint density at radius 3 is 2.56 bits per heavy atom. The Hall–Kier alpha value is -1.88. The molecule has 1 aliphatic carbocycles. The first-order valence-electron chi connectivity index (χ1n) is 7.55. The van der Waals surface area contributed by atoms with Crippen molar-refractivity contribution < 1.29 is 31.6 Å². The van der Waals surface area contributed by atoms with Crippen LogP contribution < -0.4 is 5.32 Å².